The number of likely N-dealkylation sites (N-methyl/N-ethyl adjacent to an activating group) is 1. The Balaban J connectivity index is 1.60. The third-order valence-corrected chi connectivity index (χ3v) is 7.00. The number of hydrogen-bond donors (Lipinski definition) is 2. The Kier molecular flexibility index (Phi) is 7.35. The Hall–Kier alpha value is -3.07. The van der Waals surface area contributed by atoms with E-state index >= 15 is 0 Å². The lowest BCUT2D eigenvalue weighted by molar-refractivity contribution is -0.139. The van der Waals surface area contributed by atoms with Gasteiger partial charge in [-0.25, -0.2) is 14.4 Å². The van der Waals surface area contributed by atoms with Crippen molar-refractivity contribution in [3.8, 4) is 0 Å². The molecule has 0 unspecified atom stereocenters. The fraction of sp³-hybridized carbons (Fsp3) is 0.538. The molecule has 0 bridgehead atoms. The van der Waals surface area contributed by atoms with E-state index in [9.17, 15) is 14.0 Å². The summed E-state index contributed by atoms with van der Waals surface area (Å²) in [5, 5.41) is 5.85. The summed E-state index contributed by atoms with van der Waals surface area (Å²) in [5.74, 6) is 0.700. The normalized spacial score (nSPS) is 19.1. The van der Waals surface area contributed by atoms with Crippen molar-refractivity contribution >= 4 is 23.3 Å². The number of carbonyl (C=O) groups excluding carboxylic acids is 2. The first-order valence-electron chi connectivity index (χ1n) is 12.4. The fourth-order valence-corrected chi connectivity index (χ4v) is 4.91. The zero-order chi connectivity index (χ0) is 25.3. The van der Waals surface area contributed by atoms with Crippen LogP contribution in [0.25, 0.3) is 0 Å². The van der Waals surface area contributed by atoms with E-state index in [2.05, 4.69) is 15.6 Å². The molecule has 0 aliphatic carbocycles. The van der Waals surface area contributed by atoms with Crippen LogP contribution in [0.5, 0.6) is 0 Å². The number of amides is 2. The lowest BCUT2D eigenvalue weighted by Crippen LogP contribution is -2.54. The van der Waals surface area contributed by atoms with Crippen LogP contribution in [0.4, 0.5) is 15.9 Å². The summed E-state index contributed by atoms with van der Waals surface area (Å²) in [4.78, 5) is 39.4. The number of aromatic nitrogens is 2. The quantitative estimate of drug-likeness (QED) is 0.631. The van der Waals surface area contributed by atoms with Crippen molar-refractivity contribution in [3.63, 3.8) is 0 Å². The summed E-state index contributed by atoms with van der Waals surface area (Å²) < 4.78 is 14.0. The van der Waals surface area contributed by atoms with Gasteiger partial charge >= 0.3 is 0 Å². The molecular formula is C26H35FN6O2. The summed E-state index contributed by atoms with van der Waals surface area (Å²) >= 11 is 0. The van der Waals surface area contributed by atoms with Gasteiger partial charge in [0.25, 0.3) is 0 Å². The molecule has 2 aliphatic rings. The Morgan fingerprint density at radius 1 is 1.14 bits per heavy atom. The number of nitrogens with zero attached hydrogens (tertiary/aromatic N) is 4. The molecule has 35 heavy (non-hydrogen) atoms. The minimum atomic E-state index is -0.616. The van der Waals surface area contributed by atoms with Crippen LogP contribution in [0.1, 0.15) is 56.7 Å². The Bertz CT molecular complexity index is 1110. The summed E-state index contributed by atoms with van der Waals surface area (Å²) in [6.45, 7) is 8.81. The lowest BCUT2D eigenvalue weighted by atomic mass is 10.0. The molecule has 2 amide bonds. The van der Waals surface area contributed by atoms with Crippen molar-refractivity contribution in [1.29, 1.82) is 0 Å². The van der Waals surface area contributed by atoms with E-state index in [0.717, 1.165) is 36.2 Å². The number of likely N-dealkylation sites (tertiary alicyclic amines) is 1. The number of rotatable bonds is 7. The minimum Gasteiger partial charge on any atom is -0.343 e. The number of fused-ring (bicyclic) bond motifs is 1. The zero-order valence-electron chi connectivity index (χ0n) is 21.1. The molecule has 3 heterocycles. The van der Waals surface area contributed by atoms with Crippen molar-refractivity contribution in [2.24, 2.45) is 5.92 Å². The summed E-state index contributed by atoms with van der Waals surface area (Å²) in [6, 6.07) is 5.59. The molecule has 1 aromatic heterocycles. The molecule has 0 spiro atoms. The third-order valence-electron chi connectivity index (χ3n) is 7.00. The number of benzene rings is 1. The van der Waals surface area contributed by atoms with Gasteiger partial charge < -0.3 is 20.4 Å². The van der Waals surface area contributed by atoms with Crippen LogP contribution in [0, 0.1) is 18.7 Å². The van der Waals surface area contributed by atoms with Crippen molar-refractivity contribution in [1.82, 2.24) is 25.5 Å². The van der Waals surface area contributed by atoms with E-state index in [4.69, 9.17) is 4.98 Å². The van der Waals surface area contributed by atoms with Gasteiger partial charge in [0.2, 0.25) is 11.8 Å². The topological polar surface area (TPSA) is 90.5 Å². The molecule has 4 rings (SSSR count). The van der Waals surface area contributed by atoms with Crippen LogP contribution >= 0.6 is 0 Å². The standard InChI is InChI=1S/C26H35FN6O2/c1-15(2)24(31-25(34)16(3)28-5)26(35)33-11-6-7-21(33)20-14-23(30-17(4)29-20)32-12-10-18-8-9-19(27)13-22(18)32/h8-9,13-16,21,24,28H,6-7,10-12H2,1-5H3,(H,31,34)/t16-,21-,24-/m0/s1. The monoisotopic (exact) mass is 482 g/mol. The number of nitrogens with one attached hydrogen (secondary N) is 2. The molecule has 188 valence electrons. The molecule has 9 heteroatoms. The van der Waals surface area contributed by atoms with Crippen LogP contribution in [0.2, 0.25) is 0 Å². The van der Waals surface area contributed by atoms with Gasteiger partial charge in [0.1, 0.15) is 23.5 Å². The highest BCUT2D eigenvalue weighted by molar-refractivity contribution is 5.90. The number of carbonyl (C=O) groups is 2. The number of aryl methyl sites for hydroxylation is 1. The van der Waals surface area contributed by atoms with Crippen molar-refractivity contribution in [2.75, 3.05) is 25.0 Å². The molecule has 2 aliphatic heterocycles. The van der Waals surface area contributed by atoms with Gasteiger partial charge in [0.15, 0.2) is 0 Å². The van der Waals surface area contributed by atoms with Gasteiger partial charge in [0.05, 0.1) is 17.8 Å². The highest BCUT2D eigenvalue weighted by Crippen LogP contribution is 2.37. The maximum Gasteiger partial charge on any atom is 0.245 e. The lowest BCUT2D eigenvalue weighted by Gasteiger charge is -2.32. The largest absolute Gasteiger partial charge is 0.343 e. The maximum atomic E-state index is 14.0. The summed E-state index contributed by atoms with van der Waals surface area (Å²) in [7, 11) is 1.72. The van der Waals surface area contributed by atoms with Crippen LogP contribution < -0.4 is 15.5 Å². The first kappa shape index (κ1) is 25.0. The second kappa shape index (κ2) is 10.3. The van der Waals surface area contributed by atoms with Gasteiger partial charge in [-0.15, -0.1) is 0 Å². The van der Waals surface area contributed by atoms with Crippen molar-refractivity contribution in [3.05, 3.63) is 47.2 Å². The van der Waals surface area contributed by atoms with E-state index < -0.39 is 12.1 Å². The Labute approximate surface area is 206 Å². The molecule has 1 aromatic carbocycles. The highest BCUT2D eigenvalue weighted by Gasteiger charge is 2.37. The smallest absolute Gasteiger partial charge is 0.245 e. The predicted octanol–water partition coefficient (Wildman–Crippen LogP) is 3.03. The minimum absolute atomic E-state index is 0.0598. The number of halogens is 1. The average molecular weight is 483 g/mol. The van der Waals surface area contributed by atoms with Gasteiger partial charge in [-0.2, -0.15) is 0 Å². The molecule has 8 nitrogen and oxygen atoms in total. The molecule has 3 atom stereocenters. The van der Waals surface area contributed by atoms with Crippen molar-refractivity contribution < 1.29 is 14.0 Å². The molecule has 2 N–H and O–H groups in total. The zero-order valence-corrected chi connectivity index (χ0v) is 21.1. The third kappa shape index (κ3) is 5.15. The van der Waals surface area contributed by atoms with Crippen LogP contribution in [0.15, 0.2) is 24.3 Å². The molecule has 1 saturated heterocycles. The van der Waals surface area contributed by atoms with Gasteiger partial charge in [-0.05, 0) is 63.8 Å². The number of hydrogen-bond acceptors (Lipinski definition) is 6. The Morgan fingerprint density at radius 2 is 1.91 bits per heavy atom. The fourth-order valence-electron chi connectivity index (χ4n) is 4.91. The molecule has 0 radical (unpaired) electrons. The molecule has 2 aromatic rings. The van der Waals surface area contributed by atoms with E-state index in [1.807, 2.05) is 42.7 Å². The SMILES string of the molecule is CN[C@@H](C)C(=O)N[C@H](C(=O)N1CCC[C@H]1c1cc(N2CCc3ccc(F)cc32)nc(C)n1)C(C)C. The van der Waals surface area contributed by atoms with E-state index in [-0.39, 0.29) is 29.6 Å². The van der Waals surface area contributed by atoms with Crippen molar-refractivity contribution in [2.45, 2.75) is 65.1 Å². The van der Waals surface area contributed by atoms with Crippen LogP contribution in [-0.4, -0.2) is 58.9 Å². The van der Waals surface area contributed by atoms with E-state index in [1.165, 1.54) is 6.07 Å². The van der Waals surface area contributed by atoms with E-state index in [1.54, 1.807) is 20.0 Å². The maximum absolute atomic E-state index is 14.0. The second-order valence-corrected chi connectivity index (χ2v) is 9.80. The molecule has 1 fully saturated rings. The van der Waals surface area contributed by atoms with Crippen LogP contribution in [0.3, 0.4) is 0 Å². The molecule has 0 saturated carbocycles. The first-order valence-corrected chi connectivity index (χ1v) is 12.4. The summed E-state index contributed by atoms with van der Waals surface area (Å²) in [5.41, 5.74) is 2.70. The highest BCUT2D eigenvalue weighted by atomic mass is 19.1. The average Bonchev–Trinajstić information content (AvgIpc) is 3.48. The van der Waals surface area contributed by atoms with E-state index in [0.29, 0.717) is 24.7 Å². The Morgan fingerprint density at radius 3 is 2.63 bits per heavy atom. The first-order chi connectivity index (χ1) is 16.7. The van der Waals surface area contributed by atoms with Gasteiger partial charge in [0, 0.05) is 24.8 Å². The van der Waals surface area contributed by atoms with Crippen LogP contribution in [-0.2, 0) is 16.0 Å². The predicted molar refractivity (Wildman–Crippen MR) is 133 cm³/mol. The molecular weight excluding hydrogens is 447 g/mol. The van der Waals surface area contributed by atoms with Gasteiger partial charge in [-0.3, -0.25) is 9.59 Å². The summed E-state index contributed by atoms with van der Waals surface area (Å²) in [6.07, 6.45) is 2.47. The van der Waals surface area contributed by atoms with Gasteiger partial charge in [-0.1, -0.05) is 19.9 Å². The second-order valence-electron chi connectivity index (χ2n) is 9.80. The number of anilines is 2.